The third kappa shape index (κ3) is 4.93. The molecule has 4 rings (SSSR count). The maximum absolute atomic E-state index is 13.4. The van der Waals surface area contributed by atoms with Gasteiger partial charge in [-0.3, -0.25) is 14.5 Å². The number of methoxy groups -OCH3 is 1. The summed E-state index contributed by atoms with van der Waals surface area (Å²) in [5, 5.41) is 13.6. The molecule has 3 heterocycles. The molecule has 35 heavy (non-hydrogen) atoms. The summed E-state index contributed by atoms with van der Waals surface area (Å²) in [7, 11) is 1.62. The van der Waals surface area contributed by atoms with Crippen LogP contribution in [-0.4, -0.2) is 62.9 Å². The standard InChI is InChI=1S/C25H34N6O4/c1-6-25(3,4)31-22(27-28-29-31)21(30-12-10-16(11-13-30)24(33)35-7-2)19-15-17-14-18(34-5)8-9-20(17)26-23(19)32/h8-9,14-16,21H,6-7,10-13H2,1-5H3,(H,26,32)/t21-/m1/s1. The number of ether oxygens (including phenoxy) is 2. The van der Waals surface area contributed by atoms with Crippen molar-refractivity contribution in [3.63, 3.8) is 0 Å². The van der Waals surface area contributed by atoms with Crippen molar-refractivity contribution >= 4 is 16.9 Å². The highest BCUT2D eigenvalue weighted by Gasteiger charge is 2.37. The third-order valence-corrected chi connectivity index (χ3v) is 7.07. The molecule has 0 aliphatic carbocycles. The Balaban J connectivity index is 1.80. The lowest BCUT2D eigenvalue weighted by Gasteiger charge is -2.37. The molecule has 0 saturated carbocycles. The van der Waals surface area contributed by atoms with Crippen LogP contribution in [0, 0.1) is 5.92 Å². The lowest BCUT2D eigenvalue weighted by Crippen LogP contribution is -2.43. The van der Waals surface area contributed by atoms with E-state index in [1.165, 1.54) is 0 Å². The number of likely N-dealkylation sites (tertiary alicyclic amines) is 1. The predicted molar refractivity (Wildman–Crippen MR) is 131 cm³/mol. The summed E-state index contributed by atoms with van der Waals surface area (Å²) >= 11 is 0. The van der Waals surface area contributed by atoms with E-state index in [0.29, 0.717) is 49.7 Å². The number of aromatic nitrogens is 5. The number of hydrogen-bond acceptors (Lipinski definition) is 8. The Morgan fingerprint density at radius 2 is 1.97 bits per heavy atom. The Kier molecular flexibility index (Phi) is 7.20. The molecular formula is C25H34N6O4. The number of nitrogens with one attached hydrogen (secondary N) is 1. The van der Waals surface area contributed by atoms with E-state index in [2.05, 4.69) is 46.2 Å². The highest BCUT2D eigenvalue weighted by Crippen LogP contribution is 2.34. The monoisotopic (exact) mass is 482 g/mol. The normalized spacial score (nSPS) is 16.4. The molecule has 1 atom stereocenters. The summed E-state index contributed by atoms with van der Waals surface area (Å²) in [6.07, 6.45) is 2.11. The summed E-state index contributed by atoms with van der Waals surface area (Å²) in [5.41, 5.74) is 0.757. The van der Waals surface area contributed by atoms with Gasteiger partial charge in [-0.15, -0.1) is 5.10 Å². The van der Waals surface area contributed by atoms with E-state index in [1.54, 1.807) is 7.11 Å². The smallest absolute Gasteiger partial charge is 0.309 e. The number of carbonyl (C=O) groups is 1. The van der Waals surface area contributed by atoms with Crippen molar-refractivity contribution in [2.75, 3.05) is 26.8 Å². The molecule has 2 aromatic heterocycles. The van der Waals surface area contributed by atoms with Gasteiger partial charge in [0.25, 0.3) is 5.56 Å². The number of pyridine rings is 1. The Bertz CT molecular complexity index is 1240. The summed E-state index contributed by atoms with van der Waals surface area (Å²) in [6.45, 7) is 9.66. The van der Waals surface area contributed by atoms with Crippen LogP contribution in [0.25, 0.3) is 10.9 Å². The molecule has 1 aliphatic rings. The molecular weight excluding hydrogens is 448 g/mol. The van der Waals surface area contributed by atoms with Crippen molar-refractivity contribution in [2.24, 2.45) is 5.92 Å². The minimum Gasteiger partial charge on any atom is -0.497 e. The zero-order chi connectivity index (χ0) is 25.2. The van der Waals surface area contributed by atoms with Gasteiger partial charge in [-0.05, 0) is 74.7 Å². The number of benzene rings is 1. The van der Waals surface area contributed by atoms with Crippen molar-refractivity contribution in [1.82, 2.24) is 30.1 Å². The van der Waals surface area contributed by atoms with Gasteiger partial charge in [0.15, 0.2) is 5.82 Å². The summed E-state index contributed by atoms with van der Waals surface area (Å²) < 4.78 is 12.5. The maximum Gasteiger partial charge on any atom is 0.309 e. The third-order valence-electron chi connectivity index (χ3n) is 7.07. The largest absolute Gasteiger partial charge is 0.497 e. The Morgan fingerprint density at radius 1 is 1.23 bits per heavy atom. The first-order valence-electron chi connectivity index (χ1n) is 12.2. The number of nitrogens with zero attached hydrogens (tertiary/aromatic N) is 5. The molecule has 1 N–H and O–H groups in total. The number of H-pyrrole nitrogens is 1. The lowest BCUT2D eigenvalue weighted by molar-refractivity contribution is -0.149. The molecule has 10 heteroatoms. The summed E-state index contributed by atoms with van der Waals surface area (Å²) in [4.78, 5) is 30.9. The molecule has 1 aliphatic heterocycles. The lowest BCUT2D eigenvalue weighted by atomic mass is 9.93. The SMILES string of the molecule is CCOC(=O)C1CCN([C@H](c2cc3cc(OC)ccc3[nH]c2=O)c2nnnn2C(C)(C)CC)CC1. The van der Waals surface area contributed by atoms with Crippen molar-refractivity contribution in [3.05, 3.63) is 46.0 Å². The molecule has 1 fully saturated rings. The van der Waals surface area contributed by atoms with Gasteiger partial charge in [-0.1, -0.05) is 6.92 Å². The van der Waals surface area contributed by atoms with Gasteiger partial charge >= 0.3 is 5.97 Å². The average Bonchev–Trinajstić information content (AvgIpc) is 3.35. The van der Waals surface area contributed by atoms with E-state index in [1.807, 2.05) is 35.9 Å². The zero-order valence-electron chi connectivity index (χ0n) is 21.1. The summed E-state index contributed by atoms with van der Waals surface area (Å²) in [6, 6.07) is 6.98. The van der Waals surface area contributed by atoms with E-state index in [-0.39, 0.29) is 23.0 Å². The number of piperidine rings is 1. The quantitative estimate of drug-likeness (QED) is 0.487. The van der Waals surface area contributed by atoms with Gasteiger partial charge in [-0.2, -0.15) is 0 Å². The highest BCUT2D eigenvalue weighted by molar-refractivity contribution is 5.80. The average molecular weight is 483 g/mol. The van der Waals surface area contributed by atoms with Gasteiger partial charge in [0.2, 0.25) is 0 Å². The molecule has 0 bridgehead atoms. The zero-order valence-corrected chi connectivity index (χ0v) is 21.1. The molecule has 10 nitrogen and oxygen atoms in total. The number of aromatic amines is 1. The fraction of sp³-hybridized carbons (Fsp3) is 0.560. The van der Waals surface area contributed by atoms with Crippen LogP contribution in [0.15, 0.2) is 29.1 Å². The van der Waals surface area contributed by atoms with Crippen LogP contribution in [0.1, 0.15) is 64.4 Å². The Hall–Kier alpha value is -3.27. The first-order chi connectivity index (χ1) is 16.8. The fourth-order valence-electron chi connectivity index (χ4n) is 4.63. The number of tetrazole rings is 1. The van der Waals surface area contributed by atoms with Gasteiger partial charge in [0.1, 0.15) is 11.8 Å². The number of rotatable bonds is 8. The first-order valence-corrected chi connectivity index (χ1v) is 12.2. The Morgan fingerprint density at radius 3 is 2.63 bits per heavy atom. The Labute approximate surface area is 204 Å². The minimum absolute atomic E-state index is 0.144. The second kappa shape index (κ2) is 10.2. The maximum atomic E-state index is 13.4. The van der Waals surface area contributed by atoms with Crippen LogP contribution < -0.4 is 10.3 Å². The number of fused-ring (bicyclic) bond motifs is 1. The molecule has 3 aromatic rings. The van der Waals surface area contributed by atoms with Crippen LogP contribution in [0.2, 0.25) is 0 Å². The van der Waals surface area contributed by atoms with Crippen molar-refractivity contribution in [3.8, 4) is 5.75 Å². The first kappa shape index (κ1) is 24.8. The van der Waals surface area contributed by atoms with E-state index < -0.39 is 6.04 Å². The highest BCUT2D eigenvalue weighted by atomic mass is 16.5. The fourth-order valence-corrected chi connectivity index (χ4v) is 4.63. The molecule has 0 radical (unpaired) electrons. The van der Waals surface area contributed by atoms with Gasteiger partial charge in [0, 0.05) is 29.6 Å². The number of esters is 1. The molecule has 1 saturated heterocycles. The van der Waals surface area contributed by atoms with Gasteiger partial charge < -0.3 is 14.5 Å². The van der Waals surface area contributed by atoms with Crippen LogP contribution in [0.4, 0.5) is 0 Å². The van der Waals surface area contributed by atoms with E-state index in [4.69, 9.17) is 9.47 Å². The number of carbonyl (C=O) groups excluding carboxylic acids is 1. The molecule has 1 aromatic carbocycles. The van der Waals surface area contributed by atoms with Crippen LogP contribution >= 0.6 is 0 Å². The second-order valence-electron chi connectivity index (χ2n) is 9.59. The van der Waals surface area contributed by atoms with Crippen LogP contribution in [-0.2, 0) is 15.1 Å². The van der Waals surface area contributed by atoms with Crippen molar-refractivity contribution in [2.45, 2.75) is 58.5 Å². The van der Waals surface area contributed by atoms with E-state index in [9.17, 15) is 9.59 Å². The van der Waals surface area contributed by atoms with Crippen molar-refractivity contribution < 1.29 is 14.3 Å². The molecule has 0 unspecified atom stereocenters. The van der Waals surface area contributed by atoms with Crippen LogP contribution in [0.5, 0.6) is 5.75 Å². The van der Waals surface area contributed by atoms with Gasteiger partial charge in [-0.25, -0.2) is 4.68 Å². The van der Waals surface area contributed by atoms with Crippen LogP contribution in [0.3, 0.4) is 0 Å². The van der Waals surface area contributed by atoms with Crippen molar-refractivity contribution in [1.29, 1.82) is 0 Å². The summed E-state index contributed by atoms with van der Waals surface area (Å²) in [5.74, 6) is 1.02. The molecule has 188 valence electrons. The van der Waals surface area contributed by atoms with Gasteiger partial charge in [0.05, 0.1) is 25.2 Å². The topological polar surface area (TPSA) is 115 Å². The molecule has 0 spiro atoms. The van der Waals surface area contributed by atoms with E-state index >= 15 is 0 Å². The molecule has 0 amide bonds. The minimum atomic E-state index is -0.474. The van der Waals surface area contributed by atoms with E-state index in [0.717, 1.165) is 17.3 Å². The number of hydrogen-bond donors (Lipinski definition) is 1. The second-order valence-corrected chi connectivity index (χ2v) is 9.59. The predicted octanol–water partition coefficient (Wildman–Crippen LogP) is 3.03.